The fourth-order valence-corrected chi connectivity index (χ4v) is 3.50. The molecular weight excluding hydrogens is 258 g/mol. The van der Waals surface area contributed by atoms with Gasteiger partial charge in [0.2, 0.25) is 0 Å². The summed E-state index contributed by atoms with van der Waals surface area (Å²) in [5, 5.41) is 8.58. The highest BCUT2D eigenvalue weighted by molar-refractivity contribution is 5.03. The third-order valence-corrected chi connectivity index (χ3v) is 5.10. The Hall–Kier alpha value is -0.830. The monoisotopic (exact) mass is 291 g/mol. The minimum atomic E-state index is 0.507. The third kappa shape index (κ3) is 4.57. The van der Waals surface area contributed by atoms with Crippen molar-refractivity contribution >= 4 is 0 Å². The van der Waals surface area contributed by atoms with Crippen LogP contribution in [0.2, 0.25) is 0 Å². The van der Waals surface area contributed by atoms with Crippen LogP contribution >= 0.6 is 0 Å². The summed E-state index contributed by atoms with van der Waals surface area (Å²) in [5.74, 6) is 1.74. The van der Waals surface area contributed by atoms with Gasteiger partial charge in [0.05, 0.1) is 5.69 Å². The number of aromatic nitrogens is 2. The first-order chi connectivity index (χ1) is 10.1. The highest BCUT2D eigenvalue weighted by Crippen LogP contribution is 2.33. The normalized spacial score (nSPS) is 25.1. The van der Waals surface area contributed by atoms with Crippen LogP contribution in [0.4, 0.5) is 0 Å². The molecular formula is C18H33N3. The Morgan fingerprint density at radius 1 is 1.38 bits per heavy atom. The molecule has 1 saturated carbocycles. The van der Waals surface area contributed by atoms with Gasteiger partial charge in [-0.15, -0.1) is 0 Å². The molecule has 1 fully saturated rings. The van der Waals surface area contributed by atoms with Crippen LogP contribution in [0.1, 0.15) is 71.5 Å². The van der Waals surface area contributed by atoms with Crippen molar-refractivity contribution in [2.45, 2.75) is 78.3 Å². The van der Waals surface area contributed by atoms with Crippen molar-refractivity contribution in [3.05, 3.63) is 18.0 Å². The van der Waals surface area contributed by atoms with Crippen LogP contribution in [0.15, 0.2) is 12.3 Å². The lowest BCUT2D eigenvalue weighted by Crippen LogP contribution is -2.37. The van der Waals surface area contributed by atoms with E-state index in [0.717, 1.165) is 31.2 Å². The van der Waals surface area contributed by atoms with Gasteiger partial charge in [-0.2, -0.15) is 5.10 Å². The molecule has 1 N–H and O–H groups in total. The highest BCUT2D eigenvalue weighted by Gasteiger charge is 2.29. The Morgan fingerprint density at radius 3 is 2.81 bits per heavy atom. The summed E-state index contributed by atoms with van der Waals surface area (Å²) >= 11 is 0. The molecule has 0 spiro atoms. The fourth-order valence-electron chi connectivity index (χ4n) is 3.50. The van der Waals surface area contributed by atoms with Gasteiger partial charge in [-0.1, -0.05) is 27.2 Å². The van der Waals surface area contributed by atoms with Crippen molar-refractivity contribution in [1.29, 1.82) is 0 Å². The van der Waals surface area contributed by atoms with Gasteiger partial charge in [-0.3, -0.25) is 4.68 Å². The standard InChI is InChI=1S/C18H33N3/c1-5-10-19-18(16-8-7-14(3)12-16)13-17-9-11-21(20-17)15(4)6-2/h9,11,14-16,18-19H,5-8,10,12-13H2,1-4H3. The van der Waals surface area contributed by atoms with Gasteiger partial charge in [0.15, 0.2) is 0 Å². The molecule has 0 amide bonds. The zero-order valence-corrected chi connectivity index (χ0v) is 14.3. The summed E-state index contributed by atoms with van der Waals surface area (Å²) < 4.78 is 2.13. The molecule has 0 aromatic carbocycles. The number of nitrogens with one attached hydrogen (secondary N) is 1. The van der Waals surface area contributed by atoms with Crippen LogP contribution in [-0.4, -0.2) is 22.4 Å². The van der Waals surface area contributed by atoms with E-state index in [9.17, 15) is 0 Å². The second-order valence-electron chi connectivity index (χ2n) is 6.99. The van der Waals surface area contributed by atoms with Crippen LogP contribution in [0, 0.1) is 11.8 Å². The molecule has 21 heavy (non-hydrogen) atoms. The first-order valence-corrected chi connectivity index (χ1v) is 8.91. The molecule has 0 aliphatic heterocycles. The molecule has 4 atom stereocenters. The summed E-state index contributed by atoms with van der Waals surface area (Å²) in [6.07, 6.45) is 9.75. The summed E-state index contributed by atoms with van der Waals surface area (Å²) in [5.41, 5.74) is 1.25. The van der Waals surface area contributed by atoms with Crippen LogP contribution in [0.25, 0.3) is 0 Å². The lowest BCUT2D eigenvalue weighted by Gasteiger charge is -2.24. The van der Waals surface area contributed by atoms with E-state index in [1.54, 1.807) is 0 Å². The number of nitrogens with zero attached hydrogens (tertiary/aromatic N) is 2. The minimum absolute atomic E-state index is 0.507. The van der Waals surface area contributed by atoms with E-state index in [0.29, 0.717) is 12.1 Å². The zero-order valence-electron chi connectivity index (χ0n) is 14.3. The SMILES string of the molecule is CCCNC(Cc1ccn(C(C)CC)n1)C1CCC(C)C1. The third-order valence-electron chi connectivity index (χ3n) is 5.10. The Bertz CT molecular complexity index is 412. The summed E-state index contributed by atoms with van der Waals surface area (Å²) in [7, 11) is 0. The van der Waals surface area contributed by atoms with Crippen LogP contribution in [0.3, 0.4) is 0 Å². The molecule has 1 aromatic rings. The molecule has 2 rings (SSSR count). The Balaban J connectivity index is 1.98. The number of hydrogen-bond donors (Lipinski definition) is 1. The van der Waals surface area contributed by atoms with Gasteiger partial charge in [-0.25, -0.2) is 0 Å². The van der Waals surface area contributed by atoms with Crippen molar-refractivity contribution in [1.82, 2.24) is 15.1 Å². The summed E-state index contributed by atoms with van der Waals surface area (Å²) in [6.45, 7) is 10.2. The second-order valence-corrected chi connectivity index (χ2v) is 6.99. The van der Waals surface area contributed by atoms with Crippen molar-refractivity contribution in [3.8, 4) is 0 Å². The van der Waals surface area contributed by atoms with Gasteiger partial charge in [-0.05, 0) is 57.1 Å². The average Bonchev–Trinajstić information content (AvgIpc) is 3.11. The van der Waals surface area contributed by atoms with Crippen molar-refractivity contribution < 1.29 is 0 Å². The van der Waals surface area contributed by atoms with Gasteiger partial charge in [0.1, 0.15) is 0 Å². The van der Waals surface area contributed by atoms with E-state index < -0.39 is 0 Å². The topological polar surface area (TPSA) is 29.9 Å². The minimum Gasteiger partial charge on any atom is -0.313 e. The average molecular weight is 291 g/mol. The molecule has 0 bridgehead atoms. The predicted molar refractivity (Wildman–Crippen MR) is 89.5 cm³/mol. The van der Waals surface area contributed by atoms with E-state index in [4.69, 9.17) is 5.10 Å². The molecule has 1 aromatic heterocycles. The van der Waals surface area contributed by atoms with Crippen LogP contribution in [-0.2, 0) is 6.42 Å². The van der Waals surface area contributed by atoms with Crippen LogP contribution < -0.4 is 5.32 Å². The molecule has 0 radical (unpaired) electrons. The molecule has 3 nitrogen and oxygen atoms in total. The van der Waals surface area contributed by atoms with Gasteiger partial charge < -0.3 is 5.32 Å². The van der Waals surface area contributed by atoms with Gasteiger partial charge in [0, 0.05) is 24.7 Å². The smallest absolute Gasteiger partial charge is 0.0640 e. The van der Waals surface area contributed by atoms with E-state index in [-0.39, 0.29) is 0 Å². The number of rotatable bonds is 8. The quantitative estimate of drug-likeness (QED) is 0.778. The molecule has 1 aliphatic rings. The maximum Gasteiger partial charge on any atom is 0.0640 e. The maximum absolute atomic E-state index is 4.80. The van der Waals surface area contributed by atoms with E-state index >= 15 is 0 Å². The fraction of sp³-hybridized carbons (Fsp3) is 0.833. The van der Waals surface area contributed by atoms with E-state index in [1.807, 2.05) is 0 Å². The Kier molecular flexibility index (Phi) is 6.28. The number of hydrogen-bond acceptors (Lipinski definition) is 2. The lowest BCUT2D eigenvalue weighted by molar-refractivity contribution is 0.344. The van der Waals surface area contributed by atoms with Gasteiger partial charge in [0.25, 0.3) is 0 Å². The van der Waals surface area contributed by atoms with Crippen molar-refractivity contribution in [2.75, 3.05) is 6.54 Å². The largest absolute Gasteiger partial charge is 0.313 e. The Labute approximate surface area is 130 Å². The molecule has 1 heterocycles. The lowest BCUT2D eigenvalue weighted by atomic mass is 9.93. The second kappa shape index (κ2) is 7.98. The Morgan fingerprint density at radius 2 is 2.19 bits per heavy atom. The molecule has 1 aliphatic carbocycles. The van der Waals surface area contributed by atoms with E-state index in [2.05, 4.69) is 50.0 Å². The molecule has 120 valence electrons. The predicted octanol–water partition coefficient (Wildman–Crippen LogP) is 4.20. The van der Waals surface area contributed by atoms with E-state index in [1.165, 1.54) is 31.4 Å². The first-order valence-electron chi connectivity index (χ1n) is 8.91. The van der Waals surface area contributed by atoms with Crippen LogP contribution in [0.5, 0.6) is 0 Å². The zero-order chi connectivity index (χ0) is 15.2. The molecule has 4 unspecified atom stereocenters. The molecule has 0 saturated heterocycles. The van der Waals surface area contributed by atoms with Crippen molar-refractivity contribution in [3.63, 3.8) is 0 Å². The highest BCUT2D eigenvalue weighted by atomic mass is 15.3. The van der Waals surface area contributed by atoms with Gasteiger partial charge >= 0.3 is 0 Å². The maximum atomic E-state index is 4.80. The summed E-state index contributed by atoms with van der Waals surface area (Å²) in [6, 6.07) is 3.33. The first kappa shape index (κ1) is 16.5. The van der Waals surface area contributed by atoms with Crippen molar-refractivity contribution in [2.24, 2.45) is 11.8 Å². The molecule has 3 heteroatoms. The summed E-state index contributed by atoms with van der Waals surface area (Å²) in [4.78, 5) is 0.